The van der Waals surface area contributed by atoms with Gasteiger partial charge in [-0.25, -0.2) is 4.98 Å². The molecule has 0 spiro atoms. The van der Waals surface area contributed by atoms with Crippen LogP contribution >= 0.6 is 11.3 Å². The van der Waals surface area contributed by atoms with Crippen molar-refractivity contribution in [2.24, 2.45) is 0 Å². The fraction of sp³-hybridized carbons (Fsp3) is 0.250. The molecule has 6 nitrogen and oxygen atoms in total. The topological polar surface area (TPSA) is 67.2 Å². The molecule has 138 valence electrons. The second-order valence-corrected chi connectivity index (χ2v) is 7.47. The van der Waals surface area contributed by atoms with Crippen LogP contribution in [0.5, 0.6) is 0 Å². The molecule has 0 atom stereocenters. The largest absolute Gasteiger partial charge is 0.350 e. The summed E-state index contributed by atoms with van der Waals surface area (Å²) in [5, 5.41) is 4.90. The lowest BCUT2D eigenvalue weighted by molar-refractivity contribution is 0.0683. The van der Waals surface area contributed by atoms with Crippen molar-refractivity contribution in [1.29, 1.82) is 0 Å². The van der Waals surface area contributed by atoms with Gasteiger partial charge in [0.2, 0.25) is 0 Å². The molecule has 1 aliphatic heterocycles. The van der Waals surface area contributed by atoms with Gasteiger partial charge >= 0.3 is 0 Å². The number of aromatic nitrogens is 2. The first kappa shape index (κ1) is 17.5. The van der Waals surface area contributed by atoms with Crippen LogP contribution in [-0.4, -0.2) is 39.4 Å². The number of amides is 2. The van der Waals surface area contributed by atoms with E-state index >= 15 is 0 Å². The number of nitrogens with one attached hydrogen (secondary N) is 1. The van der Waals surface area contributed by atoms with Crippen LogP contribution in [0.3, 0.4) is 0 Å². The number of rotatable bonds is 6. The molecule has 27 heavy (non-hydrogen) atoms. The summed E-state index contributed by atoms with van der Waals surface area (Å²) in [6, 6.07) is 13.9. The van der Waals surface area contributed by atoms with Gasteiger partial charge in [-0.15, -0.1) is 11.3 Å². The number of nitrogens with zero attached hydrogens (tertiary/aromatic N) is 3. The van der Waals surface area contributed by atoms with Crippen LogP contribution in [-0.2, 0) is 19.5 Å². The van der Waals surface area contributed by atoms with Crippen molar-refractivity contribution in [2.45, 2.75) is 19.5 Å². The first-order valence-corrected chi connectivity index (χ1v) is 9.79. The highest BCUT2D eigenvalue weighted by Crippen LogP contribution is 2.16. The van der Waals surface area contributed by atoms with Gasteiger partial charge in [0, 0.05) is 37.3 Å². The van der Waals surface area contributed by atoms with Crippen molar-refractivity contribution in [3.63, 3.8) is 0 Å². The summed E-state index contributed by atoms with van der Waals surface area (Å²) in [5.74, 6) is -0.0424. The van der Waals surface area contributed by atoms with Gasteiger partial charge in [-0.2, -0.15) is 0 Å². The van der Waals surface area contributed by atoms with Gasteiger partial charge in [0.25, 0.3) is 11.8 Å². The Morgan fingerprint density at radius 1 is 1.15 bits per heavy atom. The molecule has 0 saturated heterocycles. The second kappa shape index (κ2) is 7.75. The first-order chi connectivity index (χ1) is 13.2. The zero-order chi connectivity index (χ0) is 18.6. The zero-order valence-electron chi connectivity index (χ0n) is 14.8. The molecule has 0 bridgehead atoms. The number of carbonyl (C=O) groups is 2. The maximum absolute atomic E-state index is 12.7. The van der Waals surface area contributed by atoms with E-state index in [2.05, 4.69) is 10.3 Å². The monoisotopic (exact) mass is 380 g/mol. The molecular formula is C20H20N4O2S. The molecule has 7 heteroatoms. The van der Waals surface area contributed by atoms with Crippen LogP contribution in [0.25, 0.3) is 0 Å². The second-order valence-electron chi connectivity index (χ2n) is 6.44. The Hall–Kier alpha value is -2.93. The third-order valence-corrected chi connectivity index (χ3v) is 5.49. The van der Waals surface area contributed by atoms with Crippen molar-refractivity contribution in [2.75, 3.05) is 13.1 Å². The van der Waals surface area contributed by atoms with E-state index in [1.807, 2.05) is 47.8 Å². The van der Waals surface area contributed by atoms with E-state index in [0.717, 1.165) is 12.0 Å². The summed E-state index contributed by atoms with van der Waals surface area (Å²) >= 11 is 1.67. The molecule has 1 aromatic carbocycles. The fourth-order valence-corrected chi connectivity index (χ4v) is 3.85. The van der Waals surface area contributed by atoms with Crippen molar-refractivity contribution >= 4 is 23.2 Å². The SMILES string of the molecule is O=C(NCCc1cccs1)c1cn2c(n1)C(=O)N(Cc1ccccc1)CC2. The summed E-state index contributed by atoms with van der Waals surface area (Å²) in [6.45, 7) is 2.35. The molecule has 4 rings (SSSR count). The van der Waals surface area contributed by atoms with Crippen LogP contribution in [0.15, 0.2) is 54.0 Å². The summed E-state index contributed by atoms with van der Waals surface area (Å²) in [7, 11) is 0. The third kappa shape index (κ3) is 3.93. The Bertz CT molecular complexity index is 934. The minimum Gasteiger partial charge on any atom is -0.350 e. The third-order valence-electron chi connectivity index (χ3n) is 4.55. The molecule has 0 aliphatic carbocycles. The number of thiophene rings is 1. The van der Waals surface area contributed by atoms with Crippen LogP contribution in [0.2, 0.25) is 0 Å². The highest BCUT2D eigenvalue weighted by Gasteiger charge is 2.28. The van der Waals surface area contributed by atoms with E-state index in [0.29, 0.717) is 37.7 Å². The highest BCUT2D eigenvalue weighted by atomic mass is 32.1. The molecule has 1 N–H and O–H groups in total. The maximum Gasteiger partial charge on any atom is 0.290 e. The molecule has 2 amide bonds. The van der Waals surface area contributed by atoms with Crippen molar-refractivity contribution < 1.29 is 9.59 Å². The van der Waals surface area contributed by atoms with Gasteiger partial charge in [-0.05, 0) is 23.4 Å². The number of hydrogen-bond donors (Lipinski definition) is 1. The molecule has 0 radical (unpaired) electrons. The number of benzene rings is 1. The molecule has 0 fully saturated rings. The van der Waals surface area contributed by atoms with E-state index in [-0.39, 0.29) is 11.8 Å². The number of imidazole rings is 1. The lowest BCUT2D eigenvalue weighted by atomic mass is 10.2. The quantitative estimate of drug-likeness (QED) is 0.715. The van der Waals surface area contributed by atoms with Crippen LogP contribution in [0.4, 0.5) is 0 Å². The first-order valence-electron chi connectivity index (χ1n) is 8.91. The maximum atomic E-state index is 12.7. The van der Waals surface area contributed by atoms with Gasteiger partial charge in [0.15, 0.2) is 5.82 Å². The lowest BCUT2D eigenvalue weighted by Crippen LogP contribution is -2.39. The van der Waals surface area contributed by atoms with Crippen molar-refractivity contribution in [3.05, 3.63) is 76.0 Å². The van der Waals surface area contributed by atoms with Crippen molar-refractivity contribution in [1.82, 2.24) is 19.8 Å². The summed E-state index contributed by atoms with van der Waals surface area (Å²) in [6.07, 6.45) is 2.47. The fourth-order valence-electron chi connectivity index (χ4n) is 3.14. The molecule has 3 aromatic rings. The molecular weight excluding hydrogens is 360 g/mol. The Labute approximate surface area is 161 Å². The Morgan fingerprint density at radius 3 is 2.78 bits per heavy atom. The Balaban J connectivity index is 1.40. The normalized spacial score (nSPS) is 13.5. The van der Waals surface area contributed by atoms with Gasteiger partial charge in [-0.3, -0.25) is 9.59 Å². The van der Waals surface area contributed by atoms with E-state index in [1.165, 1.54) is 4.88 Å². The predicted molar refractivity (Wildman–Crippen MR) is 104 cm³/mol. The summed E-state index contributed by atoms with van der Waals surface area (Å²) < 4.78 is 1.78. The minimum atomic E-state index is -0.240. The van der Waals surface area contributed by atoms with Gasteiger partial charge < -0.3 is 14.8 Å². The molecule has 1 aliphatic rings. The van der Waals surface area contributed by atoms with Crippen LogP contribution in [0, 0.1) is 0 Å². The number of carbonyl (C=O) groups excluding carboxylic acids is 2. The highest BCUT2D eigenvalue weighted by molar-refractivity contribution is 7.09. The van der Waals surface area contributed by atoms with E-state index < -0.39 is 0 Å². The van der Waals surface area contributed by atoms with E-state index in [9.17, 15) is 9.59 Å². The zero-order valence-corrected chi connectivity index (χ0v) is 15.6. The Kier molecular flexibility index (Phi) is 5.02. The molecule has 2 aromatic heterocycles. The number of hydrogen-bond acceptors (Lipinski definition) is 4. The average molecular weight is 380 g/mol. The molecule has 0 saturated carbocycles. The average Bonchev–Trinajstić information content (AvgIpc) is 3.35. The predicted octanol–water partition coefficient (Wildman–Crippen LogP) is 2.57. The standard InChI is InChI=1S/C20H20N4O2S/c25-19(21-9-8-16-7-4-12-27-16)17-14-23-10-11-24(20(26)18(23)22-17)13-15-5-2-1-3-6-15/h1-7,12,14H,8-11,13H2,(H,21,25). The summed E-state index contributed by atoms with van der Waals surface area (Å²) in [4.78, 5) is 32.4. The lowest BCUT2D eigenvalue weighted by Gasteiger charge is -2.27. The minimum absolute atomic E-state index is 0.136. The summed E-state index contributed by atoms with van der Waals surface area (Å²) in [5.41, 5.74) is 1.38. The van der Waals surface area contributed by atoms with Crippen LogP contribution in [0.1, 0.15) is 31.5 Å². The van der Waals surface area contributed by atoms with Crippen molar-refractivity contribution in [3.8, 4) is 0 Å². The smallest absolute Gasteiger partial charge is 0.290 e. The van der Waals surface area contributed by atoms with Gasteiger partial charge in [0.05, 0.1) is 0 Å². The van der Waals surface area contributed by atoms with Gasteiger partial charge in [-0.1, -0.05) is 36.4 Å². The van der Waals surface area contributed by atoms with E-state index in [1.54, 1.807) is 27.0 Å². The molecule has 3 heterocycles. The van der Waals surface area contributed by atoms with Crippen LogP contribution < -0.4 is 5.32 Å². The number of fused-ring (bicyclic) bond motifs is 1. The van der Waals surface area contributed by atoms with Gasteiger partial charge in [0.1, 0.15) is 5.69 Å². The molecule has 0 unspecified atom stereocenters. The Morgan fingerprint density at radius 2 is 2.00 bits per heavy atom. The van der Waals surface area contributed by atoms with E-state index in [4.69, 9.17) is 0 Å².